The normalized spacial score (nSPS) is 11.6. The van der Waals surface area contributed by atoms with E-state index in [9.17, 15) is 18.0 Å². The molecule has 2 rings (SSSR count). The monoisotopic (exact) mass is 274 g/mol. The minimum absolute atomic E-state index is 0.0201. The molecule has 3 nitrogen and oxygen atoms in total. The van der Waals surface area contributed by atoms with Crippen molar-refractivity contribution in [3.8, 4) is 11.4 Å². The number of nitrogens with one attached hydrogen (secondary N) is 1. The minimum Gasteiger partial charge on any atom is -0.336 e. The van der Waals surface area contributed by atoms with E-state index in [1.807, 2.05) is 0 Å². The number of hydrogen-bond acceptors (Lipinski definition) is 2. The smallest absolute Gasteiger partial charge is 0.336 e. The van der Waals surface area contributed by atoms with E-state index in [4.69, 9.17) is 11.6 Å². The number of aromatic amines is 1. The van der Waals surface area contributed by atoms with E-state index in [2.05, 4.69) is 9.97 Å². The first kappa shape index (κ1) is 12.6. The van der Waals surface area contributed by atoms with Crippen LogP contribution < -0.4 is 0 Å². The largest absolute Gasteiger partial charge is 0.417 e. The van der Waals surface area contributed by atoms with E-state index in [1.54, 1.807) is 0 Å². The fourth-order valence-electron chi connectivity index (χ4n) is 1.49. The molecule has 94 valence electrons. The number of H-pyrrole nitrogens is 1. The first-order valence-electron chi connectivity index (χ1n) is 4.79. The van der Waals surface area contributed by atoms with Crippen molar-refractivity contribution in [1.29, 1.82) is 0 Å². The third kappa shape index (κ3) is 2.38. The zero-order valence-corrected chi connectivity index (χ0v) is 9.51. The van der Waals surface area contributed by atoms with Crippen molar-refractivity contribution in [2.75, 3.05) is 0 Å². The van der Waals surface area contributed by atoms with Crippen LogP contribution >= 0.6 is 11.6 Å². The molecule has 7 heteroatoms. The SMILES string of the molecule is O=Cc1cnc(-c2ccc(Cl)cc2C(F)(F)F)[nH]1. The van der Waals surface area contributed by atoms with Crippen LogP contribution in [0.2, 0.25) is 5.02 Å². The molecule has 0 atom stereocenters. The molecule has 0 fully saturated rings. The molecule has 0 aliphatic rings. The maximum absolute atomic E-state index is 12.8. The van der Waals surface area contributed by atoms with Gasteiger partial charge in [-0.05, 0) is 18.2 Å². The predicted molar refractivity (Wildman–Crippen MR) is 59.4 cm³/mol. The van der Waals surface area contributed by atoms with E-state index in [0.29, 0.717) is 6.29 Å². The number of benzene rings is 1. The van der Waals surface area contributed by atoms with Crippen LogP contribution in [0.25, 0.3) is 11.4 Å². The van der Waals surface area contributed by atoms with Gasteiger partial charge in [0, 0.05) is 10.6 Å². The summed E-state index contributed by atoms with van der Waals surface area (Å²) in [5.41, 5.74) is -0.949. The summed E-state index contributed by atoms with van der Waals surface area (Å²) < 4.78 is 38.5. The molecule has 18 heavy (non-hydrogen) atoms. The summed E-state index contributed by atoms with van der Waals surface area (Å²) in [4.78, 5) is 16.7. The van der Waals surface area contributed by atoms with Crippen molar-refractivity contribution in [3.05, 3.63) is 40.7 Å². The topological polar surface area (TPSA) is 45.8 Å². The van der Waals surface area contributed by atoms with Crippen LogP contribution in [-0.2, 0) is 6.18 Å². The summed E-state index contributed by atoms with van der Waals surface area (Å²) in [6.45, 7) is 0. The molecule has 0 saturated carbocycles. The Morgan fingerprint density at radius 2 is 2.06 bits per heavy atom. The number of aromatic nitrogens is 2. The lowest BCUT2D eigenvalue weighted by atomic mass is 10.1. The Morgan fingerprint density at radius 3 is 2.61 bits per heavy atom. The van der Waals surface area contributed by atoms with Gasteiger partial charge in [0.15, 0.2) is 6.29 Å². The molecule has 0 amide bonds. The number of alkyl halides is 3. The summed E-state index contributed by atoms with van der Waals surface area (Å²) in [5.74, 6) is -0.0268. The molecule has 0 spiro atoms. The summed E-state index contributed by atoms with van der Waals surface area (Å²) in [6, 6.07) is 3.35. The maximum Gasteiger partial charge on any atom is 0.417 e. The van der Waals surface area contributed by atoms with Gasteiger partial charge in [0.25, 0.3) is 0 Å². The van der Waals surface area contributed by atoms with Crippen LogP contribution in [0.4, 0.5) is 13.2 Å². The first-order chi connectivity index (χ1) is 8.41. The minimum atomic E-state index is -4.55. The number of nitrogens with zero attached hydrogens (tertiary/aromatic N) is 1. The van der Waals surface area contributed by atoms with E-state index < -0.39 is 11.7 Å². The lowest BCUT2D eigenvalue weighted by molar-refractivity contribution is -0.137. The van der Waals surface area contributed by atoms with E-state index in [-0.39, 0.29) is 22.1 Å². The highest BCUT2D eigenvalue weighted by atomic mass is 35.5. The van der Waals surface area contributed by atoms with Crippen molar-refractivity contribution < 1.29 is 18.0 Å². The number of carbonyl (C=O) groups excluding carboxylic acids is 1. The van der Waals surface area contributed by atoms with Gasteiger partial charge < -0.3 is 4.98 Å². The average Bonchev–Trinajstić information content (AvgIpc) is 2.76. The highest BCUT2D eigenvalue weighted by Crippen LogP contribution is 2.37. The number of carbonyl (C=O) groups is 1. The summed E-state index contributed by atoms with van der Waals surface area (Å²) in [7, 11) is 0. The highest BCUT2D eigenvalue weighted by molar-refractivity contribution is 6.30. The summed E-state index contributed by atoms with van der Waals surface area (Å²) >= 11 is 5.56. The Balaban J connectivity index is 2.60. The number of aldehydes is 1. The summed E-state index contributed by atoms with van der Waals surface area (Å²) in [5, 5.41) is -0.0201. The lowest BCUT2D eigenvalue weighted by Crippen LogP contribution is -2.07. The molecule has 1 N–H and O–H groups in total. The van der Waals surface area contributed by atoms with E-state index >= 15 is 0 Å². The van der Waals surface area contributed by atoms with Gasteiger partial charge in [-0.25, -0.2) is 4.98 Å². The Morgan fingerprint density at radius 1 is 1.33 bits per heavy atom. The molecule has 0 saturated heterocycles. The van der Waals surface area contributed by atoms with Crippen LogP contribution in [0.3, 0.4) is 0 Å². The second kappa shape index (κ2) is 4.45. The first-order valence-corrected chi connectivity index (χ1v) is 5.17. The van der Waals surface area contributed by atoms with Crippen LogP contribution in [0.15, 0.2) is 24.4 Å². The molecule has 1 heterocycles. The molecule has 0 bridgehead atoms. The Bertz CT molecular complexity index is 592. The number of halogens is 4. The van der Waals surface area contributed by atoms with Crippen LogP contribution in [-0.4, -0.2) is 16.3 Å². The standard InChI is InChI=1S/C11H6ClF3N2O/c12-6-1-2-8(9(3-6)11(13,14)15)10-16-4-7(5-18)17-10/h1-5H,(H,16,17). The van der Waals surface area contributed by atoms with Gasteiger partial charge >= 0.3 is 6.18 Å². The fourth-order valence-corrected chi connectivity index (χ4v) is 1.66. The van der Waals surface area contributed by atoms with Gasteiger partial charge in [0.1, 0.15) is 5.82 Å². The Labute approximate surface area is 105 Å². The highest BCUT2D eigenvalue weighted by Gasteiger charge is 2.34. The zero-order chi connectivity index (χ0) is 13.3. The van der Waals surface area contributed by atoms with Crippen LogP contribution in [0, 0.1) is 0 Å². The van der Waals surface area contributed by atoms with Crippen molar-refractivity contribution in [2.24, 2.45) is 0 Å². The second-order valence-electron chi connectivity index (χ2n) is 3.49. The molecule has 2 aromatic rings. The predicted octanol–water partition coefficient (Wildman–Crippen LogP) is 3.56. The van der Waals surface area contributed by atoms with E-state index in [1.165, 1.54) is 12.1 Å². The van der Waals surface area contributed by atoms with Crippen molar-refractivity contribution in [1.82, 2.24) is 9.97 Å². The average molecular weight is 275 g/mol. The van der Waals surface area contributed by atoms with Crippen LogP contribution in [0.1, 0.15) is 16.1 Å². The van der Waals surface area contributed by atoms with Gasteiger partial charge in [-0.1, -0.05) is 11.6 Å². The quantitative estimate of drug-likeness (QED) is 0.851. The van der Waals surface area contributed by atoms with Gasteiger partial charge in [-0.2, -0.15) is 13.2 Å². The molecule has 0 aliphatic heterocycles. The third-order valence-electron chi connectivity index (χ3n) is 2.26. The van der Waals surface area contributed by atoms with Gasteiger partial charge in [0.2, 0.25) is 0 Å². The number of hydrogen-bond donors (Lipinski definition) is 1. The van der Waals surface area contributed by atoms with Gasteiger partial charge in [-0.3, -0.25) is 4.79 Å². The molecule has 0 unspecified atom stereocenters. The second-order valence-corrected chi connectivity index (χ2v) is 3.93. The maximum atomic E-state index is 12.8. The number of imidazole rings is 1. The zero-order valence-electron chi connectivity index (χ0n) is 8.75. The fraction of sp³-hybridized carbons (Fsp3) is 0.0909. The van der Waals surface area contributed by atoms with Crippen molar-refractivity contribution in [3.63, 3.8) is 0 Å². The third-order valence-corrected chi connectivity index (χ3v) is 2.50. The molecule has 0 radical (unpaired) electrons. The van der Waals surface area contributed by atoms with Gasteiger partial charge in [-0.15, -0.1) is 0 Å². The number of rotatable bonds is 2. The van der Waals surface area contributed by atoms with Crippen molar-refractivity contribution in [2.45, 2.75) is 6.18 Å². The molecular formula is C11H6ClF3N2O. The summed E-state index contributed by atoms with van der Waals surface area (Å²) in [6.07, 6.45) is -2.91. The molecule has 0 aliphatic carbocycles. The molecule has 1 aromatic carbocycles. The van der Waals surface area contributed by atoms with Crippen molar-refractivity contribution >= 4 is 17.9 Å². The Hall–Kier alpha value is -1.82. The Kier molecular flexibility index (Phi) is 3.13. The molecular weight excluding hydrogens is 269 g/mol. The lowest BCUT2D eigenvalue weighted by Gasteiger charge is -2.11. The molecule has 1 aromatic heterocycles. The van der Waals surface area contributed by atoms with Crippen LogP contribution in [0.5, 0.6) is 0 Å². The van der Waals surface area contributed by atoms with E-state index in [0.717, 1.165) is 12.3 Å². The van der Waals surface area contributed by atoms with Gasteiger partial charge in [0.05, 0.1) is 17.5 Å².